The van der Waals surface area contributed by atoms with Crippen molar-refractivity contribution in [3.8, 4) is 5.75 Å². The molecule has 0 aliphatic rings. The first-order chi connectivity index (χ1) is 12.4. The van der Waals surface area contributed by atoms with Gasteiger partial charge < -0.3 is 15.2 Å². The van der Waals surface area contributed by atoms with Crippen molar-refractivity contribution in [2.75, 3.05) is 19.8 Å². The van der Waals surface area contributed by atoms with E-state index >= 15 is 0 Å². The van der Waals surface area contributed by atoms with E-state index in [-0.39, 0.29) is 37.6 Å². The van der Waals surface area contributed by atoms with Gasteiger partial charge in [-0.1, -0.05) is 17.7 Å². The molecule has 4 nitrogen and oxygen atoms in total. The quantitative estimate of drug-likeness (QED) is 0.758. The number of carbonyl (C=O) groups excluding carboxylic acids is 1. The summed E-state index contributed by atoms with van der Waals surface area (Å²) < 4.78 is 32.4. The van der Waals surface area contributed by atoms with E-state index in [1.54, 1.807) is 6.07 Å². The van der Waals surface area contributed by atoms with Gasteiger partial charge in [0.25, 0.3) is 5.91 Å². The van der Waals surface area contributed by atoms with Crippen LogP contribution in [0, 0.1) is 31.4 Å². The van der Waals surface area contributed by atoms with Crippen LogP contribution in [0.5, 0.6) is 5.75 Å². The number of aliphatic hydroxyl groups is 1. The number of benzene rings is 2. The number of carbonyl (C=O) groups is 1. The summed E-state index contributed by atoms with van der Waals surface area (Å²) in [6.45, 7) is 3.60. The molecule has 0 fully saturated rings. The minimum Gasteiger partial charge on any atom is -0.484 e. The van der Waals surface area contributed by atoms with E-state index in [1.807, 2.05) is 26.0 Å². The standard InChI is InChI=1S/C20H23F2NO3/c1-13-3-6-19(14(2)7-13)26-12-20(25)23-10-15(11-24)8-16-9-17(21)4-5-18(16)22/h3-7,9,15,24H,8,10-12H2,1-2H3,(H,23,25)/t15-/m1/s1. The Morgan fingerprint density at radius 2 is 1.96 bits per heavy atom. The molecule has 6 heteroatoms. The minimum absolute atomic E-state index is 0.123. The van der Waals surface area contributed by atoms with Gasteiger partial charge in [0, 0.05) is 19.1 Å². The van der Waals surface area contributed by atoms with Crippen molar-refractivity contribution in [1.82, 2.24) is 5.32 Å². The van der Waals surface area contributed by atoms with Gasteiger partial charge in [0.15, 0.2) is 6.61 Å². The first-order valence-electron chi connectivity index (χ1n) is 8.40. The maximum Gasteiger partial charge on any atom is 0.257 e. The zero-order chi connectivity index (χ0) is 19.1. The molecule has 0 unspecified atom stereocenters. The Morgan fingerprint density at radius 3 is 2.65 bits per heavy atom. The number of rotatable bonds is 8. The van der Waals surface area contributed by atoms with Gasteiger partial charge in [0.1, 0.15) is 17.4 Å². The van der Waals surface area contributed by atoms with Crippen molar-refractivity contribution in [3.05, 3.63) is 64.7 Å². The maximum absolute atomic E-state index is 13.7. The number of halogens is 2. The second-order valence-corrected chi connectivity index (χ2v) is 6.35. The molecule has 0 spiro atoms. The van der Waals surface area contributed by atoms with E-state index in [0.717, 1.165) is 29.3 Å². The third kappa shape index (κ3) is 5.81. The van der Waals surface area contributed by atoms with Crippen molar-refractivity contribution in [1.29, 1.82) is 0 Å². The Labute approximate surface area is 151 Å². The number of ether oxygens (including phenoxy) is 1. The van der Waals surface area contributed by atoms with Gasteiger partial charge in [-0.05, 0) is 55.7 Å². The van der Waals surface area contributed by atoms with Crippen LogP contribution in [0.4, 0.5) is 8.78 Å². The van der Waals surface area contributed by atoms with E-state index in [1.165, 1.54) is 0 Å². The van der Waals surface area contributed by atoms with Crippen molar-refractivity contribution in [3.63, 3.8) is 0 Å². The zero-order valence-corrected chi connectivity index (χ0v) is 14.9. The van der Waals surface area contributed by atoms with Crippen LogP contribution in [0.2, 0.25) is 0 Å². The van der Waals surface area contributed by atoms with E-state index in [0.29, 0.717) is 5.75 Å². The lowest BCUT2D eigenvalue weighted by Crippen LogP contribution is -2.35. The van der Waals surface area contributed by atoms with Crippen LogP contribution in [0.1, 0.15) is 16.7 Å². The number of nitrogens with one attached hydrogen (secondary N) is 1. The van der Waals surface area contributed by atoms with Gasteiger partial charge in [0.2, 0.25) is 0 Å². The summed E-state index contributed by atoms with van der Waals surface area (Å²) in [6, 6.07) is 8.86. The highest BCUT2D eigenvalue weighted by molar-refractivity contribution is 5.77. The third-order valence-corrected chi connectivity index (χ3v) is 4.05. The highest BCUT2D eigenvalue weighted by Gasteiger charge is 2.14. The molecule has 1 amide bonds. The van der Waals surface area contributed by atoms with E-state index in [9.17, 15) is 18.7 Å². The number of amides is 1. The fraction of sp³-hybridized carbons (Fsp3) is 0.350. The number of hydrogen-bond acceptors (Lipinski definition) is 3. The van der Waals surface area contributed by atoms with Crippen LogP contribution in [-0.4, -0.2) is 30.8 Å². The molecule has 0 aliphatic heterocycles. The number of hydrogen-bond donors (Lipinski definition) is 2. The molecule has 0 aliphatic carbocycles. The van der Waals surface area contributed by atoms with Crippen molar-refractivity contribution in [2.45, 2.75) is 20.3 Å². The zero-order valence-electron chi connectivity index (χ0n) is 14.9. The molecule has 2 aromatic rings. The molecule has 1 atom stereocenters. The summed E-state index contributed by atoms with van der Waals surface area (Å²) in [5.41, 5.74) is 2.21. The summed E-state index contributed by atoms with van der Waals surface area (Å²) in [5, 5.41) is 12.1. The van der Waals surface area contributed by atoms with Crippen LogP contribution < -0.4 is 10.1 Å². The van der Waals surface area contributed by atoms with Gasteiger partial charge in [-0.25, -0.2) is 8.78 Å². The maximum atomic E-state index is 13.7. The molecule has 2 aromatic carbocycles. The lowest BCUT2D eigenvalue weighted by atomic mass is 9.99. The van der Waals surface area contributed by atoms with Crippen LogP contribution in [0.3, 0.4) is 0 Å². The van der Waals surface area contributed by atoms with Gasteiger partial charge in [-0.2, -0.15) is 0 Å². The van der Waals surface area contributed by atoms with Crippen molar-refractivity contribution >= 4 is 5.91 Å². The van der Waals surface area contributed by atoms with E-state index < -0.39 is 17.6 Å². The smallest absolute Gasteiger partial charge is 0.257 e. The summed E-state index contributed by atoms with van der Waals surface area (Å²) >= 11 is 0. The first kappa shape index (κ1) is 19.8. The van der Waals surface area contributed by atoms with E-state index in [2.05, 4.69) is 5.32 Å². The van der Waals surface area contributed by atoms with Crippen LogP contribution in [0.15, 0.2) is 36.4 Å². The summed E-state index contributed by atoms with van der Waals surface area (Å²) in [5.74, 6) is -1.20. The molecule has 0 saturated heterocycles. The van der Waals surface area contributed by atoms with Crippen molar-refractivity contribution in [2.24, 2.45) is 5.92 Å². The average molecular weight is 363 g/mol. The summed E-state index contributed by atoms with van der Waals surface area (Å²) in [4.78, 5) is 11.9. The first-order valence-corrected chi connectivity index (χ1v) is 8.40. The molecule has 0 heterocycles. The van der Waals surface area contributed by atoms with Crippen LogP contribution >= 0.6 is 0 Å². The monoisotopic (exact) mass is 363 g/mol. The predicted molar refractivity (Wildman–Crippen MR) is 95.1 cm³/mol. The average Bonchev–Trinajstić information content (AvgIpc) is 2.60. The topological polar surface area (TPSA) is 58.6 Å². The molecule has 26 heavy (non-hydrogen) atoms. The lowest BCUT2D eigenvalue weighted by Gasteiger charge is -2.16. The summed E-state index contributed by atoms with van der Waals surface area (Å²) in [7, 11) is 0. The molecule has 0 radical (unpaired) electrons. The van der Waals surface area contributed by atoms with Crippen LogP contribution in [-0.2, 0) is 11.2 Å². The molecule has 2 N–H and O–H groups in total. The normalized spacial score (nSPS) is 11.9. The second kappa shape index (κ2) is 9.29. The fourth-order valence-electron chi connectivity index (χ4n) is 2.63. The lowest BCUT2D eigenvalue weighted by molar-refractivity contribution is -0.123. The van der Waals surface area contributed by atoms with Gasteiger partial charge in [-0.15, -0.1) is 0 Å². The third-order valence-electron chi connectivity index (χ3n) is 4.05. The SMILES string of the molecule is Cc1ccc(OCC(=O)NC[C@H](CO)Cc2cc(F)ccc2F)c(C)c1. The Balaban J connectivity index is 1.83. The fourth-order valence-corrected chi connectivity index (χ4v) is 2.63. The van der Waals surface area contributed by atoms with Crippen LogP contribution in [0.25, 0.3) is 0 Å². The van der Waals surface area contributed by atoms with Crippen molar-refractivity contribution < 1.29 is 23.4 Å². The molecular formula is C20H23F2NO3. The molecular weight excluding hydrogens is 340 g/mol. The minimum atomic E-state index is -0.538. The molecule has 140 valence electrons. The molecule has 2 rings (SSSR count). The second-order valence-electron chi connectivity index (χ2n) is 6.35. The molecule has 0 aromatic heterocycles. The molecule has 0 bridgehead atoms. The predicted octanol–water partition coefficient (Wildman–Crippen LogP) is 2.93. The highest BCUT2D eigenvalue weighted by Crippen LogP contribution is 2.18. The largest absolute Gasteiger partial charge is 0.484 e. The Morgan fingerprint density at radius 1 is 1.19 bits per heavy atom. The summed E-state index contributed by atoms with van der Waals surface area (Å²) in [6.07, 6.45) is 0.123. The Hall–Kier alpha value is -2.47. The van der Waals surface area contributed by atoms with Gasteiger partial charge >= 0.3 is 0 Å². The van der Waals surface area contributed by atoms with E-state index in [4.69, 9.17) is 4.74 Å². The molecule has 0 saturated carbocycles. The van der Waals surface area contributed by atoms with Gasteiger partial charge in [0.05, 0.1) is 0 Å². The number of aryl methyl sites for hydroxylation is 2. The highest BCUT2D eigenvalue weighted by atomic mass is 19.1. The number of aliphatic hydroxyl groups excluding tert-OH is 1. The Bertz CT molecular complexity index is 765. The Kier molecular flexibility index (Phi) is 7.09. The van der Waals surface area contributed by atoms with Gasteiger partial charge in [-0.3, -0.25) is 4.79 Å².